The Labute approximate surface area is 87.3 Å². The molecule has 2 atom stereocenters. The highest BCUT2D eigenvalue weighted by atomic mass is 14.9. The Morgan fingerprint density at radius 2 is 1.93 bits per heavy atom. The molecule has 0 bridgehead atoms. The summed E-state index contributed by atoms with van der Waals surface area (Å²) in [5.41, 5.74) is 0. The molecule has 0 radical (unpaired) electrons. The van der Waals surface area contributed by atoms with Crippen LogP contribution < -0.4 is 5.32 Å². The average molecular weight is 191 g/mol. The largest absolute Gasteiger partial charge is 0.317 e. The number of hydrogen-bond donors (Lipinski definition) is 1. The van der Waals surface area contributed by atoms with E-state index in [1.165, 1.54) is 19.3 Å². The first-order valence-electron chi connectivity index (χ1n) is 5.82. The minimum atomic E-state index is 0.744. The summed E-state index contributed by atoms with van der Waals surface area (Å²) in [7, 11) is 2.08. The van der Waals surface area contributed by atoms with E-state index in [9.17, 15) is 0 Å². The second kappa shape index (κ2) is 4.31. The third kappa shape index (κ3) is 2.09. The van der Waals surface area contributed by atoms with Crippen LogP contribution in [0.1, 0.15) is 26.2 Å². The van der Waals surface area contributed by atoms with E-state index in [2.05, 4.69) is 43.6 Å². The Bertz CT molecular complexity index is 236. The SMILES string of the molecule is CNC1CC(CC2C=CC=CC2C)C1. The molecule has 0 saturated heterocycles. The molecule has 1 saturated carbocycles. The van der Waals surface area contributed by atoms with E-state index >= 15 is 0 Å². The van der Waals surface area contributed by atoms with Gasteiger partial charge in [0, 0.05) is 6.04 Å². The molecule has 1 nitrogen and oxygen atoms in total. The summed E-state index contributed by atoms with van der Waals surface area (Å²) in [5, 5.41) is 3.35. The zero-order valence-corrected chi connectivity index (χ0v) is 9.24. The lowest BCUT2D eigenvalue weighted by molar-refractivity contribution is 0.192. The van der Waals surface area contributed by atoms with Crippen LogP contribution in [0.4, 0.5) is 0 Å². The van der Waals surface area contributed by atoms with Gasteiger partial charge in [-0.1, -0.05) is 31.2 Å². The van der Waals surface area contributed by atoms with Crippen molar-refractivity contribution in [2.45, 2.75) is 32.2 Å². The topological polar surface area (TPSA) is 12.0 Å². The second-order valence-corrected chi connectivity index (χ2v) is 4.85. The van der Waals surface area contributed by atoms with Gasteiger partial charge in [-0.2, -0.15) is 0 Å². The number of allylic oxidation sites excluding steroid dienone is 4. The van der Waals surface area contributed by atoms with E-state index in [1.807, 2.05) is 0 Å². The minimum Gasteiger partial charge on any atom is -0.317 e. The normalized spacial score (nSPS) is 41.0. The van der Waals surface area contributed by atoms with Crippen LogP contribution in [0.2, 0.25) is 0 Å². The fraction of sp³-hybridized carbons (Fsp3) is 0.692. The van der Waals surface area contributed by atoms with Gasteiger partial charge in [0.1, 0.15) is 0 Å². The van der Waals surface area contributed by atoms with Gasteiger partial charge in [-0.05, 0) is 44.1 Å². The first kappa shape index (κ1) is 9.97. The number of rotatable bonds is 3. The first-order chi connectivity index (χ1) is 6.79. The van der Waals surface area contributed by atoms with Gasteiger partial charge in [-0.15, -0.1) is 0 Å². The predicted molar refractivity (Wildman–Crippen MR) is 61.1 cm³/mol. The van der Waals surface area contributed by atoms with E-state index in [-0.39, 0.29) is 0 Å². The first-order valence-corrected chi connectivity index (χ1v) is 5.82. The molecule has 1 N–H and O–H groups in total. The highest BCUT2D eigenvalue weighted by molar-refractivity contribution is 5.13. The van der Waals surface area contributed by atoms with Gasteiger partial charge >= 0.3 is 0 Å². The fourth-order valence-corrected chi connectivity index (χ4v) is 2.61. The van der Waals surface area contributed by atoms with Crippen molar-refractivity contribution in [2.24, 2.45) is 17.8 Å². The molecule has 14 heavy (non-hydrogen) atoms. The van der Waals surface area contributed by atoms with Crippen LogP contribution in [0.25, 0.3) is 0 Å². The Kier molecular flexibility index (Phi) is 3.07. The second-order valence-electron chi connectivity index (χ2n) is 4.85. The van der Waals surface area contributed by atoms with E-state index < -0.39 is 0 Å². The Balaban J connectivity index is 1.76. The lowest BCUT2D eigenvalue weighted by atomic mass is 9.72. The lowest BCUT2D eigenvalue weighted by Gasteiger charge is -2.38. The molecule has 2 rings (SSSR count). The molecule has 0 aromatic heterocycles. The predicted octanol–water partition coefficient (Wildman–Crippen LogP) is 2.75. The molecular formula is C13H21N. The van der Waals surface area contributed by atoms with Crippen LogP contribution in [-0.4, -0.2) is 13.1 Å². The Hall–Kier alpha value is -0.560. The molecule has 0 aromatic rings. The summed E-state index contributed by atoms with van der Waals surface area (Å²) in [5.74, 6) is 2.51. The van der Waals surface area contributed by atoms with Crippen LogP contribution in [-0.2, 0) is 0 Å². The van der Waals surface area contributed by atoms with Crippen LogP contribution in [0.3, 0.4) is 0 Å². The van der Waals surface area contributed by atoms with Gasteiger partial charge in [0.05, 0.1) is 0 Å². The van der Waals surface area contributed by atoms with Crippen LogP contribution in [0.15, 0.2) is 24.3 Å². The zero-order chi connectivity index (χ0) is 9.97. The monoisotopic (exact) mass is 191 g/mol. The summed E-state index contributed by atoms with van der Waals surface area (Å²) in [6.07, 6.45) is 13.3. The molecular weight excluding hydrogens is 170 g/mol. The number of nitrogens with one attached hydrogen (secondary N) is 1. The van der Waals surface area contributed by atoms with Crippen molar-refractivity contribution in [3.05, 3.63) is 24.3 Å². The van der Waals surface area contributed by atoms with E-state index in [1.54, 1.807) is 0 Å². The third-order valence-electron chi connectivity index (χ3n) is 3.81. The smallest absolute Gasteiger partial charge is 0.00693 e. The maximum Gasteiger partial charge on any atom is 0.00693 e. The third-order valence-corrected chi connectivity index (χ3v) is 3.81. The molecule has 2 aliphatic rings. The maximum atomic E-state index is 3.35. The van der Waals surface area contributed by atoms with Gasteiger partial charge in [0.25, 0.3) is 0 Å². The van der Waals surface area contributed by atoms with Crippen molar-refractivity contribution in [3.63, 3.8) is 0 Å². The summed E-state index contributed by atoms with van der Waals surface area (Å²) in [6.45, 7) is 2.33. The van der Waals surface area contributed by atoms with Gasteiger partial charge < -0.3 is 5.32 Å². The molecule has 2 aliphatic carbocycles. The van der Waals surface area contributed by atoms with Gasteiger partial charge in [0.2, 0.25) is 0 Å². The molecule has 0 spiro atoms. The highest BCUT2D eigenvalue weighted by Crippen LogP contribution is 2.36. The molecule has 0 aromatic carbocycles. The lowest BCUT2D eigenvalue weighted by Crippen LogP contribution is -2.40. The number of hydrogen-bond acceptors (Lipinski definition) is 1. The average Bonchev–Trinajstić information content (AvgIpc) is 2.13. The molecule has 0 amide bonds. The molecule has 78 valence electrons. The van der Waals surface area contributed by atoms with Crippen molar-refractivity contribution in [1.29, 1.82) is 0 Å². The maximum absolute atomic E-state index is 3.35. The van der Waals surface area contributed by atoms with Gasteiger partial charge in [-0.3, -0.25) is 0 Å². The van der Waals surface area contributed by atoms with E-state index in [0.29, 0.717) is 0 Å². The van der Waals surface area contributed by atoms with Crippen molar-refractivity contribution < 1.29 is 0 Å². The summed E-state index contributed by atoms with van der Waals surface area (Å²) in [6, 6.07) is 0.804. The summed E-state index contributed by atoms with van der Waals surface area (Å²) in [4.78, 5) is 0. The van der Waals surface area contributed by atoms with E-state index in [0.717, 1.165) is 23.8 Å². The van der Waals surface area contributed by atoms with Crippen LogP contribution in [0.5, 0.6) is 0 Å². The van der Waals surface area contributed by atoms with Crippen molar-refractivity contribution in [2.75, 3.05) is 7.05 Å². The van der Waals surface area contributed by atoms with E-state index in [4.69, 9.17) is 0 Å². The van der Waals surface area contributed by atoms with Crippen molar-refractivity contribution in [3.8, 4) is 0 Å². The Morgan fingerprint density at radius 1 is 1.21 bits per heavy atom. The van der Waals surface area contributed by atoms with Crippen LogP contribution >= 0.6 is 0 Å². The van der Waals surface area contributed by atoms with Gasteiger partial charge in [-0.25, -0.2) is 0 Å². The molecule has 2 unspecified atom stereocenters. The Morgan fingerprint density at radius 3 is 2.57 bits per heavy atom. The summed E-state index contributed by atoms with van der Waals surface area (Å²) < 4.78 is 0. The quantitative estimate of drug-likeness (QED) is 0.723. The highest BCUT2D eigenvalue weighted by Gasteiger charge is 2.30. The minimum absolute atomic E-state index is 0.744. The fourth-order valence-electron chi connectivity index (χ4n) is 2.61. The zero-order valence-electron chi connectivity index (χ0n) is 9.24. The molecule has 0 aliphatic heterocycles. The molecule has 1 heteroatoms. The van der Waals surface area contributed by atoms with Crippen molar-refractivity contribution in [1.82, 2.24) is 5.32 Å². The van der Waals surface area contributed by atoms with Gasteiger partial charge in [0.15, 0.2) is 0 Å². The standard InChI is InChI=1S/C13H21N/c1-10-5-3-4-6-12(10)7-11-8-13(9-11)14-2/h3-6,10-14H,7-9H2,1-2H3. The molecule has 0 heterocycles. The molecule has 1 fully saturated rings. The van der Waals surface area contributed by atoms with Crippen molar-refractivity contribution >= 4 is 0 Å². The summed E-state index contributed by atoms with van der Waals surface area (Å²) >= 11 is 0. The van der Waals surface area contributed by atoms with Crippen LogP contribution in [0, 0.1) is 17.8 Å².